The Morgan fingerprint density at radius 3 is 2.61 bits per heavy atom. The molecule has 2 aliphatic rings. The van der Waals surface area contributed by atoms with E-state index in [0.29, 0.717) is 37.6 Å². The number of methoxy groups -OCH3 is 1. The van der Waals surface area contributed by atoms with Gasteiger partial charge < -0.3 is 24.3 Å². The minimum atomic E-state index is -0.448. The number of ether oxygens (including phenoxy) is 2. The summed E-state index contributed by atoms with van der Waals surface area (Å²) >= 11 is 0. The number of esters is 1. The van der Waals surface area contributed by atoms with Crippen LogP contribution in [0.25, 0.3) is 10.9 Å². The number of hydrogen-bond donors (Lipinski definition) is 1. The number of nitrogens with one attached hydrogen (secondary N) is 1. The SMILES string of the molecule is COc1ccc2[nH]cc(CC(=O)OCC(=O)N3CCC(C(=O)N4CCCC(C)C4)CC3)c2c1. The van der Waals surface area contributed by atoms with Gasteiger partial charge in [-0.05, 0) is 55.4 Å². The summed E-state index contributed by atoms with van der Waals surface area (Å²) < 4.78 is 10.5. The molecule has 2 amide bonds. The van der Waals surface area contributed by atoms with Gasteiger partial charge in [0, 0.05) is 49.2 Å². The number of likely N-dealkylation sites (tertiary alicyclic amines) is 2. The Morgan fingerprint density at radius 2 is 1.88 bits per heavy atom. The molecule has 1 aromatic heterocycles. The molecule has 178 valence electrons. The summed E-state index contributed by atoms with van der Waals surface area (Å²) in [4.78, 5) is 44.6. The molecule has 3 heterocycles. The average molecular weight is 456 g/mol. The van der Waals surface area contributed by atoms with E-state index in [9.17, 15) is 14.4 Å². The van der Waals surface area contributed by atoms with Crippen LogP contribution < -0.4 is 4.74 Å². The fourth-order valence-electron chi connectivity index (χ4n) is 4.89. The number of hydrogen-bond acceptors (Lipinski definition) is 5. The van der Waals surface area contributed by atoms with E-state index in [-0.39, 0.29) is 30.8 Å². The Labute approximate surface area is 194 Å². The maximum atomic E-state index is 12.8. The lowest BCUT2D eigenvalue weighted by Gasteiger charge is -2.37. The van der Waals surface area contributed by atoms with Crippen molar-refractivity contribution in [3.05, 3.63) is 30.0 Å². The van der Waals surface area contributed by atoms with Crippen LogP contribution in [0, 0.1) is 11.8 Å². The highest BCUT2D eigenvalue weighted by atomic mass is 16.5. The lowest BCUT2D eigenvalue weighted by Crippen LogP contribution is -2.47. The van der Waals surface area contributed by atoms with Crippen LogP contribution in [0.2, 0.25) is 0 Å². The van der Waals surface area contributed by atoms with Gasteiger partial charge in [0.1, 0.15) is 5.75 Å². The number of nitrogens with zero attached hydrogens (tertiary/aromatic N) is 2. The molecule has 33 heavy (non-hydrogen) atoms. The van der Waals surface area contributed by atoms with Crippen LogP contribution in [-0.2, 0) is 25.5 Å². The number of fused-ring (bicyclic) bond motifs is 1. The average Bonchev–Trinajstić information content (AvgIpc) is 3.23. The zero-order valence-corrected chi connectivity index (χ0v) is 19.5. The Hall–Kier alpha value is -3.03. The second-order valence-corrected chi connectivity index (χ2v) is 9.25. The van der Waals surface area contributed by atoms with Gasteiger partial charge in [0.05, 0.1) is 13.5 Å². The maximum absolute atomic E-state index is 12.8. The van der Waals surface area contributed by atoms with Crippen LogP contribution in [-0.4, -0.2) is 72.5 Å². The van der Waals surface area contributed by atoms with E-state index in [1.807, 2.05) is 23.1 Å². The maximum Gasteiger partial charge on any atom is 0.310 e. The van der Waals surface area contributed by atoms with Crippen LogP contribution in [0.3, 0.4) is 0 Å². The van der Waals surface area contributed by atoms with Gasteiger partial charge in [-0.2, -0.15) is 0 Å². The molecule has 0 saturated carbocycles. The summed E-state index contributed by atoms with van der Waals surface area (Å²) in [6.45, 7) is 4.67. The number of aromatic amines is 1. The Kier molecular flexibility index (Phi) is 7.20. The molecular weight excluding hydrogens is 422 g/mol. The van der Waals surface area contributed by atoms with Gasteiger partial charge in [0.15, 0.2) is 6.61 Å². The van der Waals surface area contributed by atoms with Crippen LogP contribution in [0.1, 0.15) is 38.2 Å². The molecule has 8 nitrogen and oxygen atoms in total. The molecule has 0 aliphatic carbocycles. The van der Waals surface area contributed by atoms with Gasteiger partial charge in [-0.25, -0.2) is 0 Å². The predicted molar refractivity (Wildman–Crippen MR) is 124 cm³/mol. The highest BCUT2D eigenvalue weighted by Gasteiger charge is 2.32. The first kappa shape index (κ1) is 23.1. The summed E-state index contributed by atoms with van der Waals surface area (Å²) in [6.07, 6.45) is 5.44. The largest absolute Gasteiger partial charge is 0.497 e. The number of carbonyl (C=O) groups excluding carboxylic acids is 3. The monoisotopic (exact) mass is 455 g/mol. The van der Waals surface area contributed by atoms with Crippen molar-refractivity contribution in [1.82, 2.24) is 14.8 Å². The van der Waals surface area contributed by atoms with Gasteiger partial charge in [-0.3, -0.25) is 14.4 Å². The topological polar surface area (TPSA) is 91.9 Å². The minimum Gasteiger partial charge on any atom is -0.497 e. The molecule has 4 rings (SSSR count). The lowest BCUT2D eigenvalue weighted by atomic mass is 9.93. The summed E-state index contributed by atoms with van der Waals surface area (Å²) in [6, 6.07) is 5.62. The molecule has 1 N–H and O–H groups in total. The Bertz CT molecular complexity index is 1010. The highest BCUT2D eigenvalue weighted by molar-refractivity contribution is 5.89. The van der Waals surface area contributed by atoms with Gasteiger partial charge >= 0.3 is 5.97 Å². The third kappa shape index (κ3) is 5.49. The summed E-state index contributed by atoms with van der Waals surface area (Å²) in [5.74, 6) is 0.836. The van der Waals surface area contributed by atoms with Crippen LogP contribution in [0.5, 0.6) is 5.75 Å². The van der Waals surface area contributed by atoms with Gasteiger partial charge in [-0.1, -0.05) is 6.92 Å². The zero-order valence-electron chi connectivity index (χ0n) is 19.5. The molecular formula is C25H33N3O5. The molecule has 0 radical (unpaired) electrons. The van der Waals surface area contributed by atoms with E-state index in [0.717, 1.165) is 36.0 Å². The van der Waals surface area contributed by atoms with Crippen molar-refractivity contribution in [3.8, 4) is 5.75 Å². The number of benzene rings is 1. The fraction of sp³-hybridized carbons (Fsp3) is 0.560. The quantitative estimate of drug-likeness (QED) is 0.677. The van der Waals surface area contributed by atoms with Crippen molar-refractivity contribution in [2.24, 2.45) is 11.8 Å². The third-order valence-corrected chi connectivity index (χ3v) is 6.83. The summed E-state index contributed by atoms with van der Waals surface area (Å²) in [7, 11) is 1.60. The highest BCUT2D eigenvalue weighted by Crippen LogP contribution is 2.25. The second kappa shape index (κ2) is 10.3. The predicted octanol–water partition coefficient (Wildman–Crippen LogP) is 2.76. The molecule has 1 unspecified atom stereocenters. The number of carbonyl (C=O) groups is 3. The number of rotatable bonds is 6. The van der Waals surface area contributed by atoms with Crippen LogP contribution in [0.15, 0.2) is 24.4 Å². The van der Waals surface area contributed by atoms with Gasteiger partial charge in [0.2, 0.25) is 5.91 Å². The minimum absolute atomic E-state index is 0.0132. The van der Waals surface area contributed by atoms with E-state index < -0.39 is 5.97 Å². The fourth-order valence-corrected chi connectivity index (χ4v) is 4.89. The summed E-state index contributed by atoms with van der Waals surface area (Å²) in [5.41, 5.74) is 1.71. The standard InChI is InChI=1S/C25H33N3O5/c1-17-4-3-9-28(15-17)25(31)18-7-10-27(11-8-18)23(29)16-33-24(30)12-19-14-26-22-6-5-20(32-2)13-21(19)22/h5-6,13-14,17-18,26H,3-4,7-12,15-16H2,1-2H3. The smallest absolute Gasteiger partial charge is 0.310 e. The van der Waals surface area contributed by atoms with E-state index >= 15 is 0 Å². The normalized spacial score (nSPS) is 19.5. The van der Waals surface area contributed by atoms with E-state index in [1.54, 1.807) is 18.2 Å². The van der Waals surface area contributed by atoms with Crippen molar-refractivity contribution >= 4 is 28.7 Å². The van der Waals surface area contributed by atoms with Crippen LogP contribution in [0.4, 0.5) is 0 Å². The van der Waals surface area contributed by atoms with E-state index in [4.69, 9.17) is 9.47 Å². The molecule has 0 bridgehead atoms. The number of piperidine rings is 2. The first-order valence-electron chi connectivity index (χ1n) is 11.8. The van der Waals surface area contributed by atoms with Crippen molar-refractivity contribution in [1.29, 1.82) is 0 Å². The molecule has 0 spiro atoms. The molecule has 2 fully saturated rings. The van der Waals surface area contributed by atoms with Crippen molar-refractivity contribution in [2.75, 3.05) is 39.9 Å². The van der Waals surface area contributed by atoms with E-state index in [2.05, 4.69) is 11.9 Å². The zero-order chi connectivity index (χ0) is 23.4. The first-order valence-corrected chi connectivity index (χ1v) is 11.8. The van der Waals surface area contributed by atoms with Gasteiger partial charge in [-0.15, -0.1) is 0 Å². The first-order chi connectivity index (χ1) is 15.9. The van der Waals surface area contributed by atoms with Crippen molar-refractivity contribution in [3.63, 3.8) is 0 Å². The third-order valence-electron chi connectivity index (χ3n) is 6.83. The Morgan fingerprint density at radius 1 is 1.09 bits per heavy atom. The van der Waals surface area contributed by atoms with Crippen molar-refractivity contribution < 1.29 is 23.9 Å². The van der Waals surface area contributed by atoms with Crippen LogP contribution >= 0.6 is 0 Å². The Balaban J connectivity index is 1.23. The summed E-state index contributed by atoms with van der Waals surface area (Å²) in [5, 5.41) is 0.896. The molecule has 8 heteroatoms. The number of H-pyrrole nitrogens is 1. The molecule has 2 aromatic rings. The second-order valence-electron chi connectivity index (χ2n) is 9.25. The molecule has 1 atom stereocenters. The van der Waals surface area contributed by atoms with Gasteiger partial charge in [0.25, 0.3) is 5.91 Å². The molecule has 2 aliphatic heterocycles. The van der Waals surface area contributed by atoms with E-state index in [1.165, 1.54) is 6.42 Å². The van der Waals surface area contributed by atoms with Crippen molar-refractivity contribution in [2.45, 2.75) is 39.0 Å². The number of amides is 2. The molecule has 2 saturated heterocycles. The lowest BCUT2D eigenvalue weighted by molar-refractivity contribution is -0.152. The number of aromatic nitrogens is 1. The molecule has 1 aromatic carbocycles.